The van der Waals surface area contributed by atoms with E-state index in [9.17, 15) is 9.59 Å². The van der Waals surface area contributed by atoms with Gasteiger partial charge in [-0.05, 0) is 12.5 Å². The molecule has 0 bridgehead atoms. The Bertz CT molecular complexity index is 339. The fourth-order valence-corrected chi connectivity index (χ4v) is 1.06. The molecular weight excluding hydrogens is 240 g/mol. The van der Waals surface area contributed by atoms with Crippen LogP contribution in [0.25, 0.3) is 10.4 Å². The number of amides is 1. The number of esters is 1. The first kappa shape index (κ1) is 15.8. The van der Waals surface area contributed by atoms with Gasteiger partial charge in [0.15, 0.2) is 0 Å². The van der Waals surface area contributed by atoms with E-state index < -0.39 is 18.1 Å². The Morgan fingerprint density at radius 3 is 2.83 bits per heavy atom. The van der Waals surface area contributed by atoms with Crippen molar-refractivity contribution in [1.82, 2.24) is 5.32 Å². The van der Waals surface area contributed by atoms with Gasteiger partial charge in [-0.2, -0.15) is 0 Å². The fourth-order valence-electron chi connectivity index (χ4n) is 1.06. The van der Waals surface area contributed by atoms with E-state index in [1.165, 1.54) is 6.08 Å². The Balaban J connectivity index is 4.28. The quantitative estimate of drug-likeness (QED) is 0.233. The Morgan fingerprint density at radius 1 is 1.56 bits per heavy atom. The summed E-state index contributed by atoms with van der Waals surface area (Å²) in [6, 6.07) is -0.655. The second kappa shape index (κ2) is 9.98. The predicted molar refractivity (Wildman–Crippen MR) is 63.7 cm³/mol. The van der Waals surface area contributed by atoms with Crippen LogP contribution < -0.4 is 5.32 Å². The first-order chi connectivity index (χ1) is 8.63. The van der Waals surface area contributed by atoms with E-state index in [0.29, 0.717) is 0 Å². The Labute approximate surface area is 105 Å². The minimum absolute atomic E-state index is 0.0550. The number of carbonyl (C=O) groups is 2. The van der Waals surface area contributed by atoms with Gasteiger partial charge in [-0.3, -0.25) is 4.79 Å². The number of azide groups is 1. The highest BCUT2D eigenvalue weighted by atomic mass is 16.5. The molecule has 100 valence electrons. The zero-order valence-corrected chi connectivity index (χ0v) is 10.2. The molecule has 0 saturated heterocycles. The molecule has 0 aliphatic rings. The van der Waals surface area contributed by atoms with E-state index in [1.54, 1.807) is 6.92 Å². The van der Waals surface area contributed by atoms with E-state index in [4.69, 9.17) is 10.3 Å². The monoisotopic (exact) mass is 256 g/mol. The first-order valence-corrected chi connectivity index (χ1v) is 5.34. The van der Waals surface area contributed by atoms with Crippen molar-refractivity contribution in [2.75, 3.05) is 19.8 Å². The van der Waals surface area contributed by atoms with Crippen molar-refractivity contribution in [3.63, 3.8) is 0 Å². The number of alkyl carbamates (subject to hydrolysis) is 1. The van der Waals surface area contributed by atoms with Gasteiger partial charge >= 0.3 is 12.1 Å². The zero-order valence-electron chi connectivity index (χ0n) is 10.2. The Kier molecular flexibility index (Phi) is 8.75. The molecule has 18 heavy (non-hydrogen) atoms. The summed E-state index contributed by atoms with van der Waals surface area (Å²) in [4.78, 5) is 25.1. The number of hydrogen-bond acceptors (Lipinski definition) is 5. The molecule has 0 aliphatic carbocycles. The van der Waals surface area contributed by atoms with E-state index in [1.807, 2.05) is 0 Å². The molecule has 0 unspecified atom stereocenters. The summed E-state index contributed by atoms with van der Waals surface area (Å²) < 4.78 is 9.42. The van der Waals surface area contributed by atoms with Crippen molar-refractivity contribution in [2.45, 2.75) is 19.4 Å². The van der Waals surface area contributed by atoms with E-state index in [2.05, 4.69) is 26.7 Å². The second-order valence-corrected chi connectivity index (χ2v) is 3.15. The normalized spacial score (nSPS) is 10.7. The standard InChI is InChI=1S/C10H16N4O4/c1-3-5-18-10(16)13-8(7-12-14-11)6-9(15)17-4-2/h3,8H,1,4-7H2,2H3,(H,13,16)/t8-/m0/s1. The number of hydrogen-bond donors (Lipinski definition) is 1. The van der Waals surface area contributed by atoms with Crippen LogP contribution in [0.5, 0.6) is 0 Å². The van der Waals surface area contributed by atoms with Crippen LogP contribution in [-0.4, -0.2) is 37.9 Å². The largest absolute Gasteiger partial charge is 0.466 e. The third kappa shape index (κ3) is 8.00. The van der Waals surface area contributed by atoms with E-state index >= 15 is 0 Å². The maximum absolute atomic E-state index is 11.2. The fraction of sp³-hybridized carbons (Fsp3) is 0.600. The predicted octanol–water partition coefficient (Wildman–Crippen LogP) is 1.53. The lowest BCUT2D eigenvalue weighted by atomic mass is 10.2. The van der Waals surface area contributed by atoms with Crippen LogP contribution in [0, 0.1) is 0 Å². The van der Waals surface area contributed by atoms with Gasteiger partial charge in [0.1, 0.15) is 6.61 Å². The van der Waals surface area contributed by atoms with Crippen molar-refractivity contribution in [2.24, 2.45) is 5.11 Å². The molecule has 0 aromatic rings. The minimum atomic E-state index is -0.711. The molecule has 0 heterocycles. The third-order valence-corrected chi connectivity index (χ3v) is 1.74. The van der Waals surface area contributed by atoms with Gasteiger partial charge in [-0.25, -0.2) is 4.79 Å². The molecule has 0 radical (unpaired) electrons. The molecule has 8 nitrogen and oxygen atoms in total. The van der Waals surface area contributed by atoms with Crippen LogP contribution in [0.1, 0.15) is 13.3 Å². The highest BCUT2D eigenvalue weighted by molar-refractivity contribution is 5.72. The first-order valence-electron chi connectivity index (χ1n) is 5.34. The summed E-state index contributed by atoms with van der Waals surface area (Å²) in [5.74, 6) is -0.486. The lowest BCUT2D eigenvalue weighted by Gasteiger charge is -2.15. The molecule has 1 N–H and O–H groups in total. The van der Waals surface area contributed by atoms with Gasteiger partial charge in [0, 0.05) is 17.5 Å². The zero-order chi connectivity index (χ0) is 13.8. The molecular formula is C10H16N4O4. The van der Waals surface area contributed by atoms with Gasteiger partial charge in [0.2, 0.25) is 0 Å². The summed E-state index contributed by atoms with van der Waals surface area (Å²) in [5.41, 5.74) is 8.21. The number of carbonyl (C=O) groups excluding carboxylic acids is 2. The lowest BCUT2D eigenvalue weighted by molar-refractivity contribution is -0.143. The van der Waals surface area contributed by atoms with E-state index in [-0.39, 0.29) is 26.2 Å². The maximum atomic E-state index is 11.2. The summed E-state index contributed by atoms with van der Waals surface area (Å²) in [6.07, 6.45) is 0.612. The average molecular weight is 256 g/mol. The molecule has 8 heteroatoms. The van der Waals surface area contributed by atoms with Crippen molar-refractivity contribution in [1.29, 1.82) is 0 Å². The van der Waals surface area contributed by atoms with Crippen LogP contribution >= 0.6 is 0 Å². The van der Waals surface area contributed by atoms with Crippen LogP contribution in [0.2, 0.25) is 0 Å². The second-order valence-electron chi connectivity index (χ2n) is 3.15. The Morgan fingerprint density at radius 2 is 2.28 bits per heavy atom. The van der Waals surface area contributed by atoms with Crippen LogP contribution in [0.3, 0.4) is 0 Å². The van der Waals surface area contributed by atoms with Gasteiger partial charge < -0.3 is 14.8 Å². The number of ether oxygens (including phenoxy) is 2. The van der Waals surface area contributed by atoms with Crippen molar-refractivity contribution >= 4 is 12.1 Å². The topological polar surface area (TPSA) is 113 Å². The average Bonchev–Trinajstić information content (AvgIpc) is 2.33. The molecule has 0 saturated carbocycles. The van der Waals surface area contributed by atoms with Gasteiger partial charge in [0.25, 0.3) is 0 Å². The summed E-state index contributed by atoms with van der Waals surface area (Å²) in [7, 11) is 0. The Hall–Kier alpha value is -2.21. The molecule has 1 atom stereocenters. The van der Waals surface area contributed by atoms with Crippen molar-refractivity contribution < 1.29 is 19.1 Å². The molecule has 0 fully saturated rings. The number of nitrogens with one attached hydrogen (secondary N) is 1. The van der Waals surface area contributed by atoms with Gasteiger partial charge in [0.05, 0.1) is 13.0 Å². The van der Waals surface area contributed by atoms with Crippen LogP contribution in [0.4, 0.5) is 4.79 Å². The summed E-state index contributed by atoms with van der Waals surface area (Å²) >= 11 is 0. The summed E-state index contributed by atoms with van der Waals surface area (Å²) in [6.45, 7) is 5.30. The van der Waals surface area contributed by atoms with E-state index in [0.717, 1.165) is 0 Å². The maximum Gasteiger partial charge on any atom is 0.407 e. The smallest absolute Gasteiger partial charge is 0.407 e. The lowest BCUT2D eigenvalue weighted by Crippen LogP contribution is -2.39. The molecule has 0 aromatic carbocycles. The van der Waals surface area contributed by atoms with Crippen LogP contribution in [-0.2, 0) is 14.3 Å². The molecule has 0 aromatic heterocycles. The SMILES string of the molecule is C=CCOC(=O)N[C@H](CN=[N+]=[N-])CC(=O)OCC. The van der Waals surface area contributed by atoms with Crippen LogP contribution in [0.15, 0.2) is 17.8 Å². The highest BCUT2D eigenvalue weighted by Crippen LogP contribution is 1.98. The molecule has 0 rings (SSSR count). The molecule has 0 aliphatic heterocycles. The minimum Gasteiger partial charge on any atom is -0.466 e. The molecule has 0 spiro atoms. The summed E-state index contributed by atoms with van der Waals surface area (Å²) in [5, 5.41) is 5.70. The number of rotatable bonds is 8. The number of nitrogens with zero attached hydrogens (tertiary/aromatic N) is 3. The van der Waals surface area contributed by atoms with Crippen molar-refractivity contribution in [3.05, 3.63) is 23.1 Å². The molecule has 1 amide bonds. The van der Waals surface area contributed by atoms with Gasteiger partial charge in [-0.15, -0.1) is 0 Å². The van der Waals surface area contributed by atoms with Gasteiger partial charge in [-0.1, -0.05) is 17.8 Å². The highest BCUT2D eigenvalue weighted by Gasteiger charge is 2.17. The van der Waals surface area contributed by atoms with Crippen molar-refractivity contribution in [3.8, 4) is 0 Å². The third-order valence-electron chi connectivity index (χ3n) is 1.74.